The van der Waals surface area contributed by atoms with Crippen molar-refractivity contribution in [3.63, 3.8) is 0 Å². The smallest absolute Gasteiger partial charge is 0.509 e. The van der Waals surface area contributed by atoms with Crippen LogP contribution < -0.4 is 13.9 Å². The minimum atomic E-state index is -0.326. The zero-order valence-corrected chi connectivity index (χ0v) is 45.2. The molecule has 0 bridgehead atoms. The molecule has 11 aromatic rings. The van der Waals surface area contributed by atoms with Gasteiger partial charge in [-0.1, -0.05) is 173 Å². The second-order valence-corrected chi connectivity index (χ2v) is 21.2. The number of ether oxygens (including phenoxy) is 1. The van der Waals surface area contributed by atoms with Crippen LogP contribution in [0.15, 0.2) is 206 Å². The zero-order chi connectivity index (χ0) is 51.6. The van der Waals surface area contributed by atoms with E-state index in [4.69, 9.17) is 9.72 Å². The predicted octanol–water partition coefficient (Wildman–Crippen LogP) is 18.0. The van der Waals surface area contributed by atoms with Crippen molar-refractivity contribution >= 4 is 50.6 Å². The molecule has 1 aliphatic rings. The third-order valence-electron chi connectivity index (χ3n) is 14.1. The van der Waals surface area contributed by atoms with Crippen LogP contribution in [-0.2, 0) is 31.9 Å². The molecule has 8 heteroatoms. The fourth-order valence-corrected chi connectivity index (χ4v) is 10.1. The van der Waals surface area contributed by atoms with Gasteiger partial charge in [0.1, 0.15) is 23.1 Å². The predicted molar refractivity (Wildman–Crippen MR) is 303 cm³/mol. The van der Waals surface area contributed by atoms with E-state index in [2.05, 4.69) is 178 Å². The van der Waals surface area contributed by atoms with Gasteiger partial charge in [0.2, 0.25) is 5.69 Å². The number of benzene rings is 9. The number of pyridine rings is 1. The Hall–Kier alpha value is -8.34. The van der Waals surface area contributed by atoms with Crippen molar-refractivity contribution in [2.45, 2.75) is 52.4 Å². The molecule has 0 amide bonds. The van der Waals surface area contributed by atoms with Crippen molar-refractivity contribution in [2.75, 3.05) is 0 Å². The molecule has 0 spiro atoms. The summed E-state index contributed by atoms with van der Waals surface area (Å²) in [6, 6.07) is 76.6. The van der Waals surface area contributed by atoms with Crippen LogP contribution in [0.5, 0.6) is 11.5 Å². The zero-order valence-electron chi connectivity index (χ0n) is 42.9. The first-order valence-corrected chi connectivity index (χ1v) is 25.2. The van der Waals surface area contributed by atoms with E-state index < -0.39 is 0 Å². The standard InChI is InChI=1S/C68H52F2N4O.Pt/c1-67(2,3)50-34-35-71-65(40-50)74-61-17-11-10-16-57(61)58-33-32-55(42-64(58)74)75-56-37-49(46-22-20-45(21-23-46)44-14-8-7-9-15-44)36-54(41-56)72-43-73(63-19-13-12-18-62(63)72)66-59(47-24-28-52(69)29-25-47)38-51(68(4,5)6)39-60(66)48-26-30-53(70)31-27-48;/h7-40H,1-6H3;/q;+2. The fraction of sp³-hybridized carbons (Fsp3) is 0.118. The Labute approximate surface area is 456 Å². The van der Waals surface area contributed by atoms with Crippen LogP contribution in [0.25, 0.3) is 72.1 Å². The van der Waals surface area contributed by atoms with Crippen LogP contribution in [0.1, 0.15) is 52.7 Å². The first kappa shape index (κ1) is 49.8. The molecule has 9 aromatic carbocycles. The molecule has 2 aromatic heterocycles. The van der Waals surface area contributed by atoms with Crippen LogP contribution >= 0.6 is 0 Å². The Morgan fingerprint density at radius 3 is 1.67 bits per heavy atom. The van der Waals surface area contributed by atoms with Crippen molar-refractivity contribution in [1.29, 1.82) is 0 Å². The second kappa shape index (κ2) is 19.7. The minimum Gasteiger partial charge on any atom is -0.509 e. The maximum absolute atomic E-state index is 14.7. The quantitative estimate of drug-likeness (QED) is 0.107. The summed E-state index contributed by atoms with van der Waals surface area (Å²) in [6.07, 6.45) is 1.88. The molecule has 0 unspecified atom stereocenters. The Bertz CT molecular complexity index is 4020. The van der Waals surface area contributed by atoms with Gasteiger partial charge >= 0.3 is 27.1 Å². The summed E-state index contributed by atoms with van der Waals surface area (Å²) in [5.41, 5.74) is 14.5. The summed E-state index contributed by atoms with van der Waals surface area (Å²) in [4.78, 5) is 4.90. The van der Waals surface area contributed by atoms with Gasteiger partial charge in [0, 0.05) is 35.3 Å². The molecule has 3 heterocycles. The van der Waals surface area contributed by atoms with Gasteiger partial charge in [-0.2, -0.15) is 6.07 Å². The topological polar surface area (TPSA) is 33.1 Å². The third kappa shape index (κ3) is 9.43. The van der Waals surface area contributed by atoms with Crippen LogP contribution in [0.2, 0.25) is 0 Å². The molecule has 0 fully saturated rings. The largest absolute Gasteiger partial charge is 2.00 e. The van der Waals surface area contributed by atoms with Gasteiger partial charge in [-0.3, -0.25) is 0 Å². The molecular formula is C68H52F2N4OPt+2. The van der Waals surface area contributed by atoms with Crippen LogP contribution in [0.4, 0.5) is 31.5 Å². The van der Waals surface area contributed by atoms with Crippen molar-refractivity contribution < 1.29 is 34.6 Å². The van der Waals surface area contributed by atoms with Gasteiger partial charge in [-0.25, -0.2) is 13.8 Å². The van der Waals surface area contributed by atoms with Gasteiger partial charge < -0.3 is 9.30 Å². The third-order valence-corrected chi connectivity index (χ3v) is 14.1. The van der Waals surface area contributed by atoms with Gasteiger partial charge in [0.05, 0.1) is 11.1 Å². The van der Waals surface area contributed by atoms with Gasteiger partial charge in [-0.15, -0.1) is 29.1 Å². The average Bonchev–Trinajstić information content (AvgIpc) is 3.99. The molecule has 76 heavy (non-hydrogen) atoms. The Balaban J connectivity index is 0.00000616. The number of hydrogen-bond acceptors (Lipinski definition) is 2. The normalized spacial score (nSPS) is 12.3. The Morgan fingerprint density at radius 1 is 0.487 bits per heavy atom. The fourth-order valence-electron chi connectivity index (χ4n) is 10.1. The molecule has 0 N–H and O–H groups in total. The monoisotopic (exact) mass is 1170 g/mol. The van der Waals surface area contributed by atoms with E-state index in [9.17, 15) is 8.78 Å². The molecule has 0 saturated carbocycles. The van der Waals surface area contributed by atoms with E-state index in [1.807, 2.05) is 77.5 Å². The van der Waals surface area contributed by atoms with Crippen molar-refractivity contribution in [2.24, 2.45) is 0 Å². The maximum atomic E-state index is 14.7. The number of rotatable bonds is 9. The van der Waals surface area contributed by atoms with Gasteiger partial charge in [0.15, 0.2) is 0 Å². The SMILES string of the molecule is CC(C)(C)c1ccnc(-n2c3[c-]c(Oc4[c-]c([N+]5=C=[N+](c6c(-c7ccc(F)cc7)cc(C(C)(C)C)cc6-c6ccc(F)cc6)c6ccccc65)cc(-c5ccc(-c6ccccc6)cc5)c4)ccc3c3ccccc32)c1.[Pt+2]. The van der Waals surface area contributed by atoms with E-state index in [1.165, 1.54) is 29.8 Å². The summed E-state index contributed by atoms with van der Waals surface area (Å²) in [5, 5.41) is 2.13. The van der Waals surface area contributed by atoms with E-state index in [0.717, 1.165) is 94.8 Å². The van der Waals surface area contributed by atoms with E-state index in [-0.39, 0.29) is 43.5 Å². The van der Waals surface area contributed by atoms with E-state index >= 15 is 0 Å². The van der Waals surface area contributed by atoms with Crippen molar-refractivity contribution in [1.82, 2.24) is 18.7 Å². The van der Waals surface area contributed by atoms with Crippen LogP contribution in [-0.4, -0.2) is 15.6 Å². The number of aromatic nitrogens is 2. The average molecular weight is 1170 g/mol. The van der Waals surface area contributed by atoms with E-state index in [0.29, 0.717) is 17.2 Å². The first-order chi connectivity index (χ1) is 36.2. The molecule has 0 atom stereocenters. The van der Waals surface area contributed by atoms with Crippen molar-refractivity contribution in [3.05, 3.63) is 241 Å². The van der Waals surface area contributed by atoms with Crippen LogP contribution in [0.3, 0.4) is 0 Å². The van der Waals surface area contributed by atoms with Crippen molar-refractivity contribution in [3.8, 4) is 61.8 Å². The summed E-state index contributed by atoms with van der Waals surface area (Å²) in [6.45, 7) is 13.1. The molecular weight excluding hydrogens is 1120 g/mol. The van der Waals surface area contributed by atoms with Gasteiger partial charge in [0.25, 0.3) is 11.4 Å². The second-order valence-electron chi connectivity index (χ2n) is 21.2. The van der Waals surface area contributed by atoms with Gasteiger partial charge in [-0.05, 0) is 114 Å². The molecule has 12 rings (SSSR count). The molecule has 372 valence electrons. The Kier molecular flexibility index (Phi) is 12.9. The summed E-state index contributed by atoms with van der Waals surface area (Å²) < 4.78 is 42.6. The summed E-state index contributed by atoms with van der Waals surface area (Å²) in [7, 11) is 0. The minimum absolute atomic E-state index is 0. The number of para-hydroxylation sites is 3. The van der Waals surface area contributed by atoms with E-state index in [1.54, 1.807) is 0 Å². The molecule has 0 radical (unpaired) electrons. The first-order valence-electron chi connectivity index (χ1n) is 25.2. The molecule has 0 aliphatic carbocycles. The molecule has 5 nitrogen and oxygen atoms in total. The molecule has 1 aliphatic heterocycles. The number of fused-ring (bicyclic) bond motifs is 4. The Morgan fingerprint density at radius 2 is 1.04 bits per heavy atom. The number of halogens is 2. The van der Waals surface area contributed by atoms with Crippen LogP contribution in [0, 0.1) is 23.8 Å². The summed E-state index contributed by atoms with van der Waals surface area (Å²) in [5.74, 6) is 1.14. The maximum Gasteiger partial charge on any atom is 2.00 e. The molecule has 0 saturated heterocycles. The summed E-state index contributed by atoms with van der Waals surface area (Å²) >= 11 is 0. The number of hydrogen-bond donors (Lipinski definition) is 0. The number of nitrogens with zero attached hydrogens (tertiary/aromatic N) is 4.